The van der Waals surface area contributed by atoms with Crippen LogP contribution in [0.2, 0.25) is 0 Å². The second kappa shape index (κ2) is 6.42. The summed E-state index contributed by atoms with van der Waals surface area (Å²) in [6, 6.07) is 12.7. The zero-order chi connectivity index (χ0) is 19.3. The molecular formula is C26H23NO. The first-order chi connectivity index (χ1) is 13.7. The average Bonchev–Trinajstić information content (AvgIpc) is 3.33. The second-order valence-electron chi connectivity index (χ2n) is 7.39. The van der Waals surface area contributed by atoms with Gasteiger partial charge in [-0.05, 0) is 42.3 Å². The number of anilines is 1. The van der Waals surface area contributed by atoms with Gasteiger partial charge in [-0.15, -0.1) is 0 Å². The van der Waals surface area contributed by atoms with Gasteiger partial charge in [0.1, 0.15) is 11.2 Å². The van der Waals surface area contributed by atoms with Gasteiger partial charge in [-0.25, -0.2) is 0 Å². The molecule has 2 aromatic carbocycles. The number of nitrogens with zero attached hydrogens (tertiary/aromatic N) is 1. The number of fused-ring (bicyclic) bond motifs is 7. The lowest BCUT2D eigenvalue weighted by molar-refractivity contribution is 0.668. The Bertz CT molecular complexity index is 1230. The first-order valence-electron chi connectivity index (χ1n) is 9.83. The largest absolute Gasteiger partial charge is 0.456 e. The third kappa shape index (κ3) is 2.27. The summed E-state index contributed by atoms with van der Waals surface area (Å²) >= 11 is 0. The van der Waals surface area contributed by atoms with E-state index in [0.29, 0.717) is 5.92 Å². The van der Waals surface area contributed by atoms with Gasteiger partial charge in [0.15, 0.2) is 0 Å². The van der Waals surface area contributed by atoms with Gasteiger partial charge >= 0.3 is 0 Å². The van der Waals surface area contributed by atoms with E-state index in [4.69, 9.17) is 4.42 Å². The maximum Gasteiger partial charge on any atom is 0.135 e. The Morgan fingerprint density at radius 1 is 1.11 bits per heavy atom. The summed E-state index contributed by atoms with van der Waals surface area (Å²) in [5, 5.41) is 2.45. The third-order valence-electron chi connectivity index (χ3n) is 5.78. The summed E-state index contributed by atoms with van der Waals surface area (Å²) in [7, 11) is 0. The minimum absolute atomic E-state index is 0.320. The molecule has 3 heterocycles. The van der Waals surface area contributed by atoms with Crippen molar-refractivity contribution in [2.45, 2.75) is 26.2 Å². The van der Waals surface area contributed by atoms with Gasteiger partial charge in [-0.1, -0.05) is 62.1 Å². The number of furan rings is 1. The van der Waals surface area contributed by atoms with Crippen LogP contribution in [0.4, 0.5) is 5.69 Å². The molecule has 0 radical (unpaired) electrons. The van der Waals surface area contributed by atoms with Crippen LogP contribution in [-0.4, -0.2) is 0 Å². The fourth-order valence-corrected chi connectivity index (χ4v) is 4.75. The van der Waals surface area contributed by atoms with Crippen molar-refractivity contribution in [2.24, 2.45) is 0 Å². The van der Waals surface area contributed by atoms with Crippen molar-refractivity contribution in [3.63, 3.8) is 0 Å². The molecule has 28 heavy (non-hydrogen) atoms. The van der Waals surface area contributed by atoms with Crippen molar-refractivity contribution in [3.8, 4) is 0 Å². The maximum absolute atomic E-state index is 6.14. The quantitative estimate of drug-likeness (QED) is 0.451. The molecule has 0 fully saturated rings. The second-order valence-corrected chi connectivity index (χ2v) is 7.39. The van der Waals surface area contributed by atoms with Crippen molar-refractivity contribution in [1.82, 2.24) is 0 Å². The molecule has 2 nitrogen and oxygen atoms in total. The lowest BCUT2D eigenvalue weighted by atomic mass is 9.93. The van der Waals surface area contributed by atoms with E-state index in [1.807, 2.05) is 18.2 Å². The molecule has 138 valence electrons. The molecule has 0 saturated carbocycles. The van der Waals surface area contributed by atoms with Crippen LogP contribution in [0.15, 0.2) is 101 Å². The highest BCUT2D eigenvalue weighted by atomic mass is 16.3. The van der Waals surface area contributed by atoms with E-state index in [1.165, 1.54) is 39.0 Å². The topological polar surface area (TPSA) is 16.4 Å². The predicted octanol–water partition coefficient (Wildman–Crippen LogP) is 7.37. The van der Waals surface area contributed by atoms with Gasteiger partial charge < -0.3 is 9.32 Å². The maximum atomic E-state index is 6.14. The van der Waals surface area contributed by atoms with Gasteiger partial charge in [0.25, 0.3) is 0 Å². The van der Waals surface area contributed by atoms with Crippen molar-refractivity contribution >= 4 is 27.6 Å². The molecule has 0 spiro atoms. The fourth-order valence-electron chi connectivity index (χ4n) is 4.75. The van der Waals surface area contributed by atoms with E-state index in [1.54, 1.807) is 0 Å². The molecule has 0 N–H and O–H groups in total. The highest BCUT2D eigenvalue weighted by Crippen LogP contribution is 2.55. The molecular weight excluding hydrogens is 342 g/mol. The van der Waals surface area contributed by atoms with E-state index < -0.39 is 0 Å². The third-order valence-corrected chi connectivity index (χ3v) is 5.78. The summed E-state index contributed by atoms with van der Waals surface area (Å²) in [4.78, 5) is 2.45. The Morgan fingerprint density at radius 3 is 2.79 bits per heavy atom. The van der Waals surface area contributed by atoms with Crippen molar-refractivity contribution in [3.05, 3.63) is 102 Å². The van der Waals surface area contributed by atoms with E-state index in [9.17, 15) is 0 Å². The molecule has 0 saturated heterocycles. The number of allylic oxidation sites excluding steroid dienone is 8. The van der Waals surface area contributed by atoms with Crippen LogP contribution in [0.3, 0.4) is 0 Å². The van der Waals surface area contributed by atoms with Crippen LogP contribution in [-0.2, 0) is 0 Å². The molecule has 1 unspecified atom stereocenters. The van der Waals surface area contributed by atoms with Crippen LogP contribution >= 0.6 is 0 Å². The monoisotopic (exact) mass is 365 g/mol. The number of para-hydroxylation sites is 1. The molecule has 0 aliphatic carbocycles. The van der Waals surface area contributed by atoms with Gasteiger partial charge in [-0.2, -0.15) is 0 Å². The first kappa shape index (κ1) is 16.9. The summed E-state index contributed by atoms with van der Waals surface area (Å²) in [6.45, 7) is 8.19. The van der Waals surface area contributed by atoms with E-state index in [0.717, 1.165) is 17.6 Å². The molecule has 2 heteroatoms. The van der Waals surface area contributed by atoms with Crippen LogP contribution < -0.4 is 4.90 Å². The minimum atomic E-state index is 0.320. The molecule has 3 aromatic rings. The lowest BCUT2D eigenvalue weighted by Crippen LogP contribution is -2.13. The number of hydrogen-bond acceptors (Lipinski definition) is 2. The van der Waals surface area contributed by atoms with Crippen LogP contribution in [0.5, 0.6) is 0 Å². The molecule has 5 rings (SSSR count). The lowest BCUT2D eigenvalue weighted by Gasteiger charge is -2.18. The standard InChI is InChI=1S/C26H23NO/c1-4-6-7-11-19-16-18(10-5-2)26-17(3)24-21(27(19)26)14-15-23-25(24)20-12-8-9-13-22(20)28-23/h4-15,17H,1,16H2,2-3H3/b7-6-,10-5-,19-11+. The summed E-state index contributed by atoms with van der Waals surface area (Å²) in [5.41, 5.74) is 8.67. The molecule has 2 aliphatic rings. The van der Waals surface area contributed by atoms with Gasteiger partial charge in [0.2, 0.25) is 0 Å². The smallest absolute Gasteiger partial charge is 0.135 e. The predicted molar refractivity (Wildman–Crippen MR) is 118 cm³/mol. The first-order valence-corrected chi connectivity index (χ1v) is 9.83. The number of hydrogen-bond donors (Lipinski definition) is 0. The molecule has 0 bridgehead atoms. The van der Waals surface area contributed by atoms with Crippen LogP contribution in [0.25, 0.3) is 21.9 Å². The zero-order valence-corrected chi connectivity index (χ0v) is 16.3. The minimum Gasteiger partial charge on any atom is -0.456 e. The van der Waals surface area contributed by atoms with Crippen molar-refractivity contribution in [2.75, 3.05) is 4.90 Å². The number of rotatable bonds is 3. The van der Waals surface area contributed by atoms with Crippen molar-refractivity contribution in [1.29, 1.82) is 0 Å². The summed E-state index contributed by atoms with van der Waals surface area (Å²) < 4.78 is 6.14. The highest BCUT2D eigenvalue weighted by Gasteiger charge is 2.40. The van der Waals surface area contributed by atoms with Gasteiger partial charge in [0, 0.05) is 34.5 Å². The highest BCUT2D eigenvalue weighted by molar-refractivity contribution is 6.10. The Hall–Kier alpha value is -3.26. The Labute approximate surface area is 165 Å². The molecule has 0 amide bonds. The Morgan fingerprint density at radius 2 is 1.96 bits per heavy atom. The Kier molecular flexibility index (Phi) is 3.87. The van der Waals surface area contributed by atoms with Gasteiger partial charge in [-0.3, -0.25) is 0 Å². The molecule has 2 aliphatic heterocycles. The zero-order valence-electron chi connectivity index (χ0n) is 16.3. The summed E-state index contributed by atoms with van der Waals surface area (Å²) in [6.07, 6.45) is 13.4. The van der Waals surface area contributed by atoms with E-state index >= 15 is 0 Å². The van der Waals surface area contributed by atoms with Crippen LogP contribution in [0.1, 0.15) is 31.7 Å². The van der Waals surface area contributed by atoms with Crippen LogP contribution in [0, 0.1) is 0 Å². The fraction of sp³-hybridized carbons (Fsp3) is 0.154. The number of benzene rings is 2. The Balaban J connectivity index is 1.80. The van der Waals surface area contributed by atoms with E-state index in [-0.39, 0.29) is 0 Å². The summed E-state index contributed by atoms with van der Waals surface area (Å²) in [5.74, 6) is 0.320. The SMILES string of the molecule is C=C/C=C\C=C1/CC(/C=C\C)=C2C(C)c3c(ccc4oc5ccccc5c34)N21. The van der Waals surface area contributed by atoms with Gasteiger partial charge in [0.05, 0.1) is 5.69 Å². The van der Waals surface area contributed by atoms with E-state index in [2.05, 4.69) is 80.0 Å². The van der Waals surface area contributed by atoms with Crippen molar-refractivity contribution < 1.29 is 4.42 Å². The normalized spacial score (nSPS) is 20.4. The molecule has 1 aromatic heterocycles. The average molecular weight is 365 g/mol. The molecule has 1 atom stereocenters.